The predicted molar refractivity (Wildman–Crippen MR) is 81.1 cm³/mol. The van der Waals surface area contributed by atoms with E-state index in [9.17, 15) is 8.42 Å². The molecule has 21 heavy (non-hydrogen) atoms. The summed E-state index contributed by atoms with van der Waals surface area (Å²) in [4.78, 5) is 0.120. The van der Waals surface area contributed by atoms with Crippen LogP contribution < -0.4 is 10.5 Å². The maximum Gasteiger partial charge on any atom is 0.265 e. The number of aryl methyl sites for hydroxylation is 2. The van der Waals surface area contributed by atoms with Crippen LogP contribution in [0.2, 0.25) is 0 Å². The Morgan fingerprint density at radius 1 is 1.43 bits per heavy atom. The molecule has 0 aliphatic rings. The molecule has 1 heterocycles. The van der Waals surface area contributed by atoms with Crippen LogP contribution in [0.15, 0.2) is 35.5 Å². The summed E-state index contributed by atoms with van der Waals surface area (Å²) in [7, 11) is -1.97. The van der Waals surface area contributed by atoms with Crippen molar-refractivity contribution in [3.63, 3.8) is 0 Å². The highest BCUT2D eigenvalue weighted by molar-refractivity contribution is 7.92. The standard InChI is InChI=1S/C14H16N4O2S/c1-11-8-13(6-5-12(11)4-3-7-15)17-21(19,20)14-9-16-18(2)10-14/h5-6,8-10,17H,7,15H2,1-2H3. The Balaban J connectivity index is 2.26. The van der Waals surface area contributed by atoms with E-state index in [4.69, 9.17) is 5.73 Å². The molecule has 1 aromatic carbocycles. The zero-order chi connectivity index (χ0) is 15.5. The van der Waals surface area contributed by atoms with E-state index in [0.29, 0.717) is 5.69 Å². The summed E-state index contributed by atoms with van der Waals surface area (Å²) in [6, 6.07) is 5.16. The third kappa shape index (κ3) is 3.62. The number of nitrogens with two attached hydrogens (primary N) is 1. The lowest BCUT2D eigenvalue weighted by Gasteiger charge is -2.08. The van der Waals surface area contributed by atoms with Gasteiger partial charge >= 0.3 is 0 Å². The molecule has 3 N–H and O–H groups in total. The van der Waals surface area contributed by atoms with Crippen molar-refractivity contribution in [2.75, 3.05) is 11.3 Å². The van der Waals surface area contributed by atoms with Crippen molar-refractivity contribution in [1.82, 2.24) is 9.78 Å². The van der Waals surface area contributed by atoms with Crippen molar-refractivity contribution < 1.29 is 8.42 Å². The number of sulfonamides is 1. The normalized spacial score (nSPS) is 10.8. The zero-order valence-electron chi connectivity index (χ0n) is 11.8. The highest BCUT2D eigenvalue weighted by Gasteiger charge is 2.16. The van der Waals surface area contributed by atoms with E-state index in [1.165, 1.54) is 17.1 Å². The SMILES string of the molecule is Cc1cc(NS(=O)(=O)c2cnn(C)c2)ccc1C#CCN. The van der Waals surface area contributed by atoms with Crippen molar-refractivity contribution >= 4 is 15.7 Å². The summed E-state index contributed by atoms with van der Waals surface area (Å²) < 4.78 is 28.3. The smallest absolute Gasteiger partial charge is 0.265 e. The topological polar surface area (TPSA) is 90.0 Å². The third-order valence-electron chi connectivity index (χ3n) is 2.80. The zero-order valence-corrected chi connectivity index (χ0v) is 12.6. The van der Waals surface area contributed by atoms with Gasteiger partial charge in [0, 0.05) is 24.5 Å². The molecule has 0 saturated carbocycles. The van der Waals surface area contributed by atoms with Gasteiger partial charge in [-0.05, 0) is 30.7 Å². The highest BCUT2D eigenvalue weighted by Crippen LogP contribution is 2.18. The summed E-state index contributed by atoms with van der Waals surface area (Å²) in [6.45, 7) is 2.15. The minimum absolute atomic E-state index is 0.120. The summed E-state index contributed by atoms with van der Waals surface area (Å²) in [6.07, 6.45) is 2.74. The molecule has 0 aliphatic heterocycles. The number of benzene rings is 1. The van der Waals surface area contributed by atoms with Crippen LogP contribution in [-0.2, 0) is 17.1 Å². The summed E-state index contributed by atoms with van der Waals surface area (Å²) in [5, 5.41) is 3.86. The number of hydrogen-bond acceptors (Lipinski definition) is 4. The Morgan fingerprint density at radius 3 is 2.76 bits per heavy atom. The molecule has 0 unspecified atom stereocenters. The lowest BCUT2D eigenvalue weighted by atomic mass is 10.1. The maximum absolute atomic E-state index is 12.2. The maximum atomic E-state index is 12.2. The molecular formula is C14H16N4O2S. The van der Waals surface area contributed by atoms with Crippen LogP contribution in [0.1, 0.15) is 11.1 Å². The van der Waals surface area contributed by atoms with Crippen molar-refractivity contribution in [2.45, 2.75) is 11.8 Å². The van der Waals surface area contributed by atoms with Gasteiger partial charge in [-0.1, -0.05) is 11.8 Å². The van der Waals surface area contributed by atoms with Gasteiger partial charge in [-0.15, -0.1) is 0 Å². The van der Waals surface area contributed by atoms with Gasteiger partial charge in [0.1, 0.15) is 4.90 Å². The van der Waals surface area contributed by atoms with Gasteiger partial charge in [0.05, 0.1) is 12.7 Å². The summed E-state index contributed by atoms with van der Waals surface area (Å²) >= 11 is 0. The first-order chi connectivity index (χ1) is 9.92. The fourth-order valence-electron chi connectivity index (χ4n) is 1.77. The molecule has 0 fully saturated rings. The summed E-state index contributed by atoms with van der Waals surface area (Å²) in [5.74, 6) is 5.70. The minimum Gasteiger partial charge on any atom is -0.320 e. The number of nitrogens with one attached hydrogen (secondary N) is 1. The van der Waals surface area contributed by atoms with Crippen molar-refractivity contribution in [3.05, 3.63) is 41.7 Å². The second-order valence-electron chi connectivity index (χ2n) is 4.49. The van der Waals surface area contributed by atoms with Crippen molar-refractivity contribution in [3.8, 4) is 11.8 Å². The Morgan fingerprint density at radius 2 is 2.19 bits per heavy atom. The summed E-state index contributed by atoms with van der Waals surface area (Å²) in [5.41, 5.74) is 7.51. The minimum atomic E-state index is -3.63. The quantitative estimate of drug-likeness (QED) is 0.822. The monoisotopic (exact) mass is 304 g/mol. The Hall–Kier alpha value is -2.30. The molecule has 2 aromatic rings. The van der Waals surface area contributed by atoms with Crippen LogP contribution >= 0.6 is 0 Å². The Bertz CT molecular complexity index is 813. The molecule has 0 spiro atoms. The van der Waals surface area contributed by atoms with Gasteiger partial charge in [0.15, 0.2) is 0 Å². The second kappa shape index (κ2) is 5.99. The molecule has 2 rings (SSSR count). The molecule has 0 radical (unpaired) electrons. The number of nitrogens with zero attached hydrogens (tertiary/aromatic N) is 2. The fraction of sp³-hybridized carbons (Fsp3) is 0.214. The Kier molecular flexibility index (Phi) is 4.31. The molecule has 1 aromatic heterocycles. The van der Waals surface area contributed by atoms with E-state index in [1.807, 2.05) is 6.92 Å². The van der Waals surface area contributed by atoms with E-state index in [1.54, 1.807) is 25.2 Å². The number of anilines is 1. The molecule has 0 saturated heterocycles. The third-order valence-corrected chi connectivity index (χ3v) is 4.13. The number of rotatable bonds is 3. The average Bonchev–Trinajstić information content (AvgIpc) is 2.85. The average molecular weight is 304 g/mol. The first kappa shape index (κ1) is 15.1. The van der Waals surface area contributed by atoms with Crippen LogP contribution in [0.4, 0.5) is 5.69 Å². The van der Waals surface area contributed by atoms with E-state index in [2.05, 4.69) is 21.7 Å². The van der Waals surface area contributed by atoms with Gasteiger partial charge in [-0.3, -0.25) is 9.40 Å². The largest absolute Gasteiger partial charge is 0.320 e. The number of aromatic nitrogens is 2. The Labute approximate surface area is 124 Å². The second-order valence-corrected chi connectivity index (χ2v) is 6.17. The lowest BCUT2D eigenvalue weighted by Crippen LogP contribution is -2.12. The fourth-order valence-corrected chi connectivity index (χ4v) is 2.80. The molecular weight excluding hydrogens is 288 g/mol. The lowest BCUT2D eigenvalue weighted by molar-refractivity contribution is 0.601. The van der Waals surface area contributed by atoms with E-state index < -0.39 is 10.0 Å². The van der Waals surface area contributed by atoms with Crippen molar-refractivity contribution in [1.29, 1.82) is 0 Å². The predicted octanol–water partition coefficient (Wildman–Crippen LogP) is 0.840. The molecule has 7 heteroatoms. The molecule has 0 bridgehead atoms. The van der Waals surface area contributed by atoms with Gasteiger partial charge in [-0.25, -0.2) is 8.42 Å². The van der Waals surface area contributed by atoms with E-state index in [-0.39, 0.29) is 11.4 Å². The van der Waals surface area contributed by atoms with E-state index >= 15 is 0 Å². The van der Waals surface area contributed by atoms with Gasteiger partial charge in [0.2, 0.25) is 0 Å². The van der Waals surface area contributed by atoms with Gasteiger partial charge in [0.25, 0.3) is 10.0 Å². The van der Waals surface area contributed by atoms with Gasteiger partial charge < -0.3 is 5.73 Å². The van der Waals surface area contributed by atoms with Crippen molar-refractivity contribution in [2.24, 2.45) is 12.8 Å². The molecule has 0 aliphatic carbocycles. The van der Waals surface area contributed by atoms with Crippen LogP contribution in [0, 0.1) is 18.8 Å². The molecule has 6 nitrogen and oxygen atoms in total. The molecule has 0 amide bonds. The molecule has 110 valence electrons. The first-order valence-electron chi connectivity index (χ1n) is 6.23. The molecule has 0 atom stereocenters. The van der Waals surface area contributed by atoms with Gasteiger partial charge in [-0.2, -0.15) is 5.10 Å². The number of hydrogen-bond donors (Lipinski definition) is 2. The van der Waals surface area contributed by atoms with E-state index in [0.717, 1.165) is 11.1 Å². The highest BCUT2D eigenvalue weighted by atomic mass is 32.2. The van der Waals surface area contributed by atoms with Crippen LogP contribution in [0.3, 0.4) is 0 Å². The van der Waals surface area contributed by atoms with Crippen LogP contribution in [0.5, 0.6) is 0 Å². The van der Waals surface area contributed by atoms with Crippen LogP contribution in [-0.4, -0.2) is 24.7 Å². The first-order valence-corrected chi connectivity index (χ1v) is 7.72. The van der Waals surface area contributed by atoms with Crippen LogP contribution in [0.25, 0.3) is 0 Å².